The zero-order valence-electron chi connectivity index (χ0n) is 8.83. The number of esters is 1. The van der Waals surface area contributed by atoms with Crippen LogP contribution in [0.3, 0.4) is 0 Å². The van der Waals surface area contributed by atoms with Crippen molar-refractivity contribution in [2.75, 3.05) is 13.2 Å². The Balaban J connectivity index is 2.69. The topological polar surface area (TPSA) is 35.5 Å². The maximum Gasteiger partial charge on any atom is 0.344 e. The zero-order chi connectivity index (χ0) is 12.0. The Morgan fingerprint density at radius 1 is 1.44 bits per heavy atom. The van der Waals surface area contributed by atoms with E-state index < -0.39 is 0 Å². The van der Waals surface area contributed by atoms with Gasteiger partial charge in [0.2, 0.25) is 0 Å². The molecule has 3 nitrogen and oxygen atoms in total. The van der Waals surface area contributed by atoms with Gasteiger partial charge in [-0.2, -0.15) is 0 Å². The molecule has 0 spiro atoms. The van der Waals surface area contributed by atoms with Crippen LogP contribution < -0.4 is 4.74 Å². The molecule has 1 aromatic rings. The lowest BCUT2D eigenvalue weighted by Crippen LogP contribution is -2.15. The molecule has 0 amide bonds. The number of halogens is 2. The Labute approximate surface area is 111 Å². The van der Waals surface area contributed by atoms with Crippen LogP contribution in [0.4, 0.5) is 0 Å². The summed E-state index contributed by atoms with van der Waals surface area (Å²) in [5.74, 6) is 0.311. The molecule has 1 rings (SSSR count). The van der Waals surface area contributed by atoms with Gasteiger partial charge in [0, 0.05) is 10.9 Å². The van der Waals surface area contributed by atoms with E-state index in [1.807, 2.05) is 18.2 Å². The third-order valence-corrected chi connectivity index (χ3v) is 3.06. The molecule has 5 heteroatoms. The molecule has 0 fully saturated rings. The van der Waals surface area contributed by atoms with Crippen molar-refractivity contribution in [3.8, 4) is 5.75 Å². The number of carbonyl (C=O) groups is 1. The summed E-state index contributed by atoms with van der Waals surface area (Å²) in [6.45, 7) is 2.06. The second kappa shape index (κ2) is 6.91. The maximum atomic E-state index is 11.2. The van der Waals surface area contributed by atoms with E-state index in [9.17, 15) is 4.79 Å². The van der Waals surface area contributed by atoms with E-state index in [0.29, 0.717) is 17.7 Å². The van der Waals surface area contributed by atoms with Crippen LogP contribution in [0.2, 0.25) is 0 Å². The molecule has 0 N–H and O–H groups in total. The van der Waals surface area contributed by atoms with Crippen LogP contribution in [0.1, 0.15) is 12.5 Å². The fourth-order valence-electron chi connectivity index (χ4n) is 1.15. The van der Waals surface area contributed by atoms with E-state index in [0.717, 1.165) is 10.0 Å². The van der Waals surface area contributed by atoms with Crippen molar-refractivity contribution in [3.05, 3.63) is 28.2 Å². The van der Waals surface area contributed by atoms with Crippen LogP contribution in [0.15, 0.2) is 22.7 Å². The third-order valence-electron chi connectivity index (χ3n) is 1.83. The molecule has 0 aliphatic heterocycles. The van der Waals surface area contributed by atoms with Gasteiger partial charge >= 0.3 is 5.97 Å². The molecule has 0 aromatic heterocycles. The molecule has 0 bridgehead atoms. The number of alkyl halides is 1. The summed E-state index contributed by atoms with van der Waals surface area (Å²) in [5, 5.41) is 0.671. The molecular formula is C11H12Br2O3. The summed E-state index contributed by atoms with van der Waals surface area (Å²) in [6.07, 6.45) is 0. The molecule has 0 radical (unpaired) electrons. The van der Waals surface area contributed by atoms with Crippen molar-refractivity contribution in [2.24, 2.45) is 0 Å². The molecule has 0 saturated heterocycles. The second-order valence-corrected chi connectivity index (χ2v) is 4.37. The van der Waals surface area contributed by atoms with Crippen molar-refractivity contribution >= 4 is 37.8 Å². The van der Waals surface area contributed by atoms with Crippen molar-refractivity contribution in [3.63, 3.8) is 0 Å². The molecule has 0 aliphatic rings. The van der Waals surface area contributed by atoms with Gasteiger partial charge in [-0.05, 0) is 28.9 Å². The molecule has 1 aromatic carbocycles. The molecule has 0 heterocycles. The van der Waals surface area contributed by atoms with Gasteiger partial charge in [-0.1, -0.05) is 28.1 Å². The van der Waals surface area contributed by atoms with Gasteiger partial charge in [0.25, 0.3) is 0 Å². The van der Waals surface area contributed by atoms with E-state index in [-0.39, 0.29) is 12.6 Å². The average Bonchev–Trinajstić information content (AvgIpc) is 2.27. The first-order chi connectivity index (χ1) is 7.69. The van der Waals surface area contributed by atoms with Gasteiger partial charge in [-0.25, -0.2) is 4.79 Å². The lowest BCUT2D eigenvalue weighted by molar-refractivity contribution is -0.145. The minimum atomic E-state index is -0.362. The summed E-state index contributed by atoms with van der Waals surface area (Å²) in [5.41, 5.74) is 0.985. The van der Waals surface area contributed by atoms with Gasteiger partial charge in [-0.3, -0.25) is 0 Å². The van der Waals surface area contributed by atoms with Gasteiger partial charge in [0.05, 0.1) is 11.1 Å². The van der Waals surface area contributed by atoms with E-state index in [4.69, 9.17) is 9.47 Å². The predicted molar refractivity (Wildman–Crippen MR) is 68.9 cm³/mol. The predicted octanol–water partition coefficient (Wildman–Crippen LogP) is 3.29. The first-order valence-electron chi connectivity index (χ1n) is 4.80. The van der Waals surface area contributed by atoms with Crippen LogP contribution in [-0.4, -0.2) is 19.2 Å². The number of benzene rings is 1. The van der Waals surface area contributed by atoms with E-state index in [2.05, 4.69) is 31.9 Å². The van der Waals surface area contributed by atoms with Crippen molar-refractivity contribution < 1.29 is 14.3 Å². The van der Waals surface area contributed by atoms with Gasteiger partial charge in [-0.15, -0.1) is 0 Å². The normalized spacial score (nSPS) is 9.94. The summed E-state index contributed by atoms with van der Waals surface area (Å²) in [7, 11) is 0. The minimum absolute atomic E-state index is 0.0730. The second-order valence-electron chi connectivity index (χ2n) is 2.96. The standard InChI is InChI=1S/C11H12Br2O3/c1-2-15-10(14)7-16-11-8(6-12)4-3-5-9(11)13/h3-5H,2,6-7H2,1H3. The number of carbonyl (C=O) groups excluding carboxylic acids is 1. The summed E-state index contributed by atoms with van der Waals surface area (Å²) < 4.78 is 11.0. The highest BCUT2D eigenvalue weighted by Crippen LogP contribution is 2.30. The van der Waals surface area contributed by atoms with Crippen LogP contribution in [0.5, 0.6) is 5.75 Å². The van der Waals surface area contributed by atoms with Crippen molar-refractivity contribution in [1.82, 2.24) is 0 Å². The van der Waals surface area contributed by atoms with Crippen LogP contribution in [0, 0.1) is 0 Å². The minimum Gasteiger partial charge on any atom is -0.480 e. The van der Waals surface area contributed by atoms with E-state index >= 15 is 0 Å². The summed E-state index contributed by atoms with van der Waals surface area (Å²) >= 11 is 6.74. The lowest BCUT2D eigenvalue weighted by Gasteiger charge is -2.11. The fraction of sp³-hybridized carbons (Fsp3) is 0.364. The highest BCUT2D eigenvalue weighted by Gasteiger charge is 2.09. The monoisotopic (exact) mass is 350 g/mol. The van der Waals surface area contributed by atoms with Gasteiger partial charge < -0.3 is 9.47 Å². The molecule has 0 aliphatic carbocycles. The summed E-state index contributed by atoms with van der Waals surface area (Å²) in [4.78, 5) is 11.2. The maximum absolute atomic E-state index is 11.2. The Morgan fingerprint density at radius 2 is 2.19 bits per heavy atom. The molecule has 88 valence electrons. The lowest BCUT2D eigenvalue weighted by atomic mass is 10.2. The number of rotatable bonds is 5. The zero-order valence-corrected chi connectivity index (χ0v) is 12.0. The Hall–Kier alpha value is -0.550. The van der Waals surface area contributed by atoms with E-state index in [1.54, 1.807) is 6.92 Å². The highest BCUT2D eigenvalue weighted by molar-refractivity contribution is 9.10. The third kappa shape index (κ3) is 3.79. The van der Waals surface area contributed by atoms with Gasteiger partial charge in [0.1, 0.15) is 5.75 Å². The first kappa shape index (κ1) is 13.5. The average molecular weight is 352 g/mol. The number of para-hydroxylation sites is 1. The molecular weight excluding hydrogens is 340 g/mol. The Morgan fingerprint density at radius 3 is 2.81 bits per heavy atom. The molecule has 16 heavy (non-hydrogen) atoms. The van der Waals surface area contributed by atoms with E-state index in [1.165, 1.54) is 0 Å². The van der Waals surface area contributed by atoms with Crippen LogP contribution >= 0.6 is 31.9 Å². The highest BCUT2D eigenvalue weighted by atomic mass is 79.9. The quantitative estimate of drug-likeness (QED) is 0.603. The Bertz CT molecular complexity index is 366. The first-order valence-corrected chi connectivity index (χ1v) is 6.72. The fourth-order valence-corrected chi connectivity index (χ4v) is 2.12. The van der Waals surface area contributed by atoms with Crippen molar-refractivity contribution in [1.29, 1.82) is 0 Å². The van der Waals surface area contributed by atoms with Crippen molar-refractivity contribution in [2.45, 2.75) is 12.3 Å². The largest absolute Gasteiger partial charge is 0.480 e. The smallest absolute Gasteiger partial charge is 0.344 e. The summed E-state index contributed by atoms with van der Waals surface area (Å²) in [6, 6.07) is 5.71. The molecule has 0 atom stereocenters. The Kier molecular flexibility index (Phi) is 5.84. The number of ether oxygens (including phenoxy) is 2. The number of hydrogen-bond acceptors (Lipinski definition) is 3. The van der Waals surface area contributed by atoms with Crippen LogP contribution in [-0.2, 0) is 14.9 Å². The number of hydrogen-bond donors (Lipinski definition) is 0. The molecule has 0 unspecified atom stereocenters. The van der Waals surface area contributed by atoms with Crippen LogP contribution in [0.25, 0.3) is 0 Å². The molecule has 0 saturated carbocycles. The van der Waals surface area contributed by atoms with Gasteiger partial charge in [0.15, 0.2) is 6.61 Å². The SMILES string of the molecule is CCOC(=O)COc1c(Br)cccc1CBr.